The van der Waals surface area contributed by atoms with Crippen LogP contribution in [0.1, 0.15) is 55.8 Å². The lowest BCUT2D eigenvalue weighted by Crippen LogP contribution is -2.38. The predicted molar refractivity (Wildman–Crippen MR) is 72.0 cm³/mol. The summed E-state index contributed by atoms with van der Waals surface area (Å²) < 4.78 is 0. The third-order valence-electron chi connectivity index (χ3n) is 3.90. The van der Waals surface area contributed by atoms with Crippen LogP contribution in [0, 0.1) is 12.3 Å². The van der Waals surface area contributed by atoms with E-state index in [1.54, 1.807) is 0 Å². The number of hydrogen-bond acceptors (Lipinski definition) is 2. The summed E-state index contributed by atoms with van der Waals surface area (Å²) in [6.45, 7) is 9.26. The average molecular weight is 237 g/mol. The first-order valence-electron chi connectivity index (χ1n) is 6.31. The molecule has 1 aromatic heterocycles. The fraction of sp³-hybridized carbons (Fsp3) is 0.714. The third kappa shape index (κ3) is 2.49. The zero-order valence-electron chi connectivity index (χ0n) is 10.8. The molecule has 1 heterocycles. The van der Waals surface area contributed by atoms with E-state index >= 15 is 0 Å². The third-order valence-corrected chi connectivity index (χ3v) is 5.08. The van der Waals surface area contributed by atoms with Gasteiger partial charge >= 0.3 is 0 Å². The van der Waals surface area contributed by atoms with Crippen molar-refractivity contribution in [2.45, 2.75) is 59.0 Å². The normalized spacial score (nSPS) is 25.9. The first-order valence-corrected chi connectivity index (χ1v) is 7.13. The molecule has 2 unspecified atom stereocenters. The Hall–Kier alpha value is -0.340. The molecule has 2 rings (SSSR count). The maximum Gasteiger partial charge on any atom is 0.0388 e. The number of hydrogen-bond donors (Lipinski definition) is 1. The monoisotopic (exact) mass is 237 g/mol. The van der Waals surface area contributed by atoms with Crippen molar-refractivity contribution in [3.63, 3.8) is 0 Å². The van der Waals surface area contributed by atoms with Gasteiger partial charge in [0.05, 0.1) is 0 Å². The van der Waals surface area contributed by atoms with Crippen LogP contribution < -0.4 is 5.32 Å². The Morgan fingerprint density at radius 3 is 2.69 bits per heavy atom. The maximum absolute atomic E-state index is 3.81. The molecule has 0 aliphatic heterocycles. The summed E-state index contributed by atoms with van der Waals surface area (Å²) in [4.78, 5) is 2.88. The Labute approximate surface area is 103 Å². The highest BCUT2D eigenvalue weighted by Crippen LogP contribution is 2.38. The van der Waals surface area contributed by atoms with Gasteiger partial charge in [0, 0.05) is 21.8 Å². The van der Waals surface area contributed by atoms with Crippen LogP contribution in [-0.2, 0) is 0 Å². The van der Waals surface area contributed by atoms with Crippen molar-refractivity contribution >= 4 is 11.3 Å². The Morgan fingerprint density at radius 2 is 2.19 bits per heavy atom. The molecule has 1 saturated carbocycles. The van der Waals surface area contributed by atoms with Gasteiger partial charge in [0.2, 0.25) is 0 Å². The first-order chi connectivity index (χ1) is 7.49. The van der Waals surface area contributed by atoms with Crippen molar-refractivity contribution in [2.75, 3.05) is 0 Å². The predicted octanol–water partition coefficient (Wildman–Crippen LogP) is 4.29. The molecule has 0 radical (unpaired) electrons. The minimum absolute atomic E-state index is 0.473. The van der Waals surface area contributed by atoms with Gasteiger partial charge in [-0.05, 0) is 44.2 Å². The van der Waals surface area contributed by atoms with Crippen LogP contribution in [0.15, 0.2) is 12.1 Å². The molecule has 0 spiro atoms. The second-order valence-electron chi connectivity index (χ2n) is 5.77. The molecule has 0 bridgehead atoms. The van der Waals surface area contributed by atoms with E-state index < -0.39 is 0 Å². The number of nitrogens with one attached hydrogen (secondary N) is 1. The molecular weight excluding hydrogens is 214 g/mol. The van der Waals surface area contributed by atoms with Crippen LogP contribution in [-0.4, -0.2) is 6.04 Å². The van der Waals surface area contributed by atoms with Crippen LogP contribution in [0.25, 0.3) is 0 Å². The zero-order chi connectivity index (χ0) is 11.8. The summed E-state index contributed by atoms with van der Waals surface area (Å²) in [6, 6.07) is 5.67. The molecule has 0 amide bonds. The number of aryl methyl sites for hydroxylation is 1. The van der Waals surface area contributed by atoms with Gasteiger partial charge in [0.1, 0.15) is 0 Å². The largest absolute Gasteiger partial charge is 0.306 e. The molecule has 0 saturated heterocycles. The molecule has 0 aromatic carbocycles. The van der Waals surface area contributed by atoms with Gasteiger partial charge in [0.25, 0.3) is 0 Å². The van der Waals surface area contributed by atoms with Crippen LogP contribution in [0.5, 0.6) is 0 Å². The molecule has 1 nitrogen and oxygen atoms in total. The molecule has 2 heteroatoms. The molecular formula is C14H23NS. The highest BCUT2D eigenvalue weighted by molar-refractivity contribution is 7.12. The maximum atomic E-state index is 3.81. The smallest absolute Gasteiger partial charge is 0.0388 e. The van der Waals surface area contributed by atoms with Gasteiger partial charge in [-0.2, -0.15) is 0 Å². The summed E-state index contributed by atoms with van der Waals surface area (Å²) in [5, 5.41) is 3.81. The Morgan fingerprint density at radius 1 is 1.44 bits per heavy atom. The van der Waals surface area contributed by atoms with Gasteiger partial charge < -0.3 is 5.32 Å². The molecule has 16 heavy (non-hydrogen) atoms. The Balaban J connectivity index is 1.99. The summed E-state index contributed by atoms with van der Waals surface area (Å²) >= 11 is 1.92. The molecule has 1 aliphatic rings. The van der Waals surface area contributed by atoms with E-state index in [4.69, 9.17) is 0 Å². The van der Waals surface area contributed by atoms with Gasteiger partial charge in [-0.3, -0.25) is 0 Å². The lowest BCUT2D eigenvalue weighted by atomic mass is 9.87. The lowest BCUT2D eigenvalue weighted by Gasteiger charge is -2.30. The van der Waals surface area contributed by atoms with E-state index in [1.165, 1.54) is 29.0 Å². The minimum atomic E-state index is 0.473. The van der Waals surface area contributed by atoms with Gasteiger partial charge in [-0.15, -0.1) is 11.3 Å². The molecule has 1 aliphatic carbocycles. The van der Waals surface area contributed by atoms with E-state index in [2.05, 4.69) is 45.1 Å². The SMILES string of the molecule is Cc1ccc(C(C)NC2CCCC2(C)C)s1. The second kappa shape index (κ2) is 4.50. The van der Waals surface area contributed by atoms with Crippen molar-refractivity contribution in [2.24, 2.45) is 5.41 Å². The van der Waals surface area contributed by atoms with Gasteiger partial charge in [-0.1, -0.05) is 20.3 Å². The van der Waals surface area contributed by atoms with Gasteiger partial charge in [0.15, 0.2) is 0 Å². The minimum Gasteiger partial charge on any atom is -0.306 e. The molecule has 90 valence electrons. The molecule has 1 N–H and O–H groups in total. The van der Waals surface area contributed by atoms with Crippen molar-refractivity contribution in [3.8, 4) is 0 Å². The van der Waals surface area contributed by atoms with E-state index in [1.807, 2.05) is 11.3 Å². The Kier molecular flexibility index (Phi) is 3.41. The van der Waals surface area contributed by atoms with Crippen LogP contribution in [0.4, 0.5) is 0 Å². The van der Waals surface area contributed by atoms with E-state index in [0.29, 0.717) is 17.5 Å². The lowest BCUT2D eigenvalue weighted by molar-refractivity contribution is 0.267. The zero-order valence-corrected chi connectivity index (χ0v) is 11.7. The number of thiophene rings is 1. The average Bonchev–Trinajstić information content (AvgIpc) is 2.74. The fourth-order valence-electron chi connectivity index (χ4n) is 2.71. The van der Waals surface area contributed by atoms with Crippen LogP contribution in [0.2, 0.25) is 0 Å². The van der Waals surface area contributed by atoms with E-state index in [0.717, 1.165) is 0 Å². The topological polar surface area (TPSA) is 12.0 Å². The quantitative estimate of drug-likeness (QED) is 0.827. The summed E-state index contributed by atoms with van der Waals surface area (Å²) in [5.41, 5.74) is 0.473. The highest BCUT2D eigenvalue weighted by Gasteiger charge is 2.35. The standard InChI is InChI=1S/C14H23NS/c1-10-7-8-12(16-10)11(2)15-13-6-5-9-14(13,3)4/h7-8,11,13,15H,5-6,9H2,1-4H3. The Bertz CT molecular complexity index is 353. The molecule has 2 atom stereocenters. The highest BCUT2D eigenvalue weighted by atomic mass is 32.1. The molecule has 1 fully saturated rings. The van der Waals surface area contributed by atoms with Gasteiger partial charge in [-0.25, -0.2) is 0 Å². The van der Waals surface area contributed by atoms with Crippen molar-refractivity contribution in [3.05, 3.63) is 21.9 Å². The van der Waals surface area contributed by atoms with Crippen molar-refractivity contribution < 1.29 is 0 Å². The van der Waals surface area contributed by atoms with E-state index in [-0.39, 0.29) is 0 Å². The first kappa shape index (κ1) is 12.1. The van der Waals surface area contributed by atoms with Crippen molar-refractivity contribution in [1.82, 2.24) is 5.32 Å². The second-order valence-corrected chi connectivity index (χ2v) is 7.09. The van der Waals surface area contributed by atoms with E-state index in [9.17, 15) is 0 Å². The number of rotatable bonds is 3. The summed E-state index contributed by atoms with van der Waals surface area (Å²) in [5.74, 6) is 0. The van der Waals surface area contributed by atoms with Crippen LogP contribution in [0.3, 0.4) is 0 Å². The summed E-state index contributed by atoms with van der Waals surface area (Å²) in [7, 11) is 0. The van der Waals surface area contributed by atoms with Crippen LogP contribution >= 0.6 is 11.3 Å². The van der Waals surface area contributed by atoms with Crippen molar-refractivity contribution in [1.29, 1.82) is 0 Å². The summed E-state index contributed by atoms with van der Waals surface area (Å²) in [6.07, 6.45) is 4.07. The molecule has 1 aromatic rings. The fourth-order valence-corrected chi connectivity index (χ4v) is 3.59.